The summed E-state index contributed by atoms with van der Waals surface area (Å²) in [5.41, 5.74) is 1.54. The SMILES string of the molecule is O=C(COC(=O)c1cc2ccccc2nc1N1CCCC1)Nc1cccnc1Cl. The van der Waals surface area contributed by atoms with Gasteiger partial charge in [-0.1, -0.05) is 29.8 Å². The number of esters is 1. The number of pyridine rings is 2. The average Bonchev–Trinajstić information content (AvgIpc) is 3.27. The zero-order chi connectivity index (χ0) is 20.2. The lowest BCUT2D eigenvalue weighted by Crippen LogP contribution is -2.25. The molecule has 1 aliphatic rings. The lowest BCUT2D eigenvalue weighted by molar-refractivity contribution is -0.119. The van der Waals surface area contributed by atoms with Gasteiger partial charge < -0.3 is 15.0 Å². The highest BCUT2D eigenvalue weighted by atomic mass is 35.5. The van der Waals surface area contributed by atoms with E-state index in [-0.39, 0.29) is 5.15 Å². The molecule has 8 heteroatoms. The van der Waals surface area contributed by atoms with Crippen molar-refractivity contribution in [1.29, 1.82) is 0 Å². The number of hydrogen-bond acceptors (Lipinski definition) is 6. The topological polar surface area (TPSA) is 84.4 Å². The minimum absolute atomic E-state index is 0.169. The molecule has 1 fully saturated rings. The lowest BCUT2D eigenvalue weighted by atomic mass is 10.1. The van der Waals surface area contributed by atoms with Crippen LogP contribution < -0.4 is 10.2 Å². The van der Waals surface area contributed by atoms with Crippen LogP contribution in [0.2, 0.25) is 5.15 Å². The van der Waals surface area contributed by atoms with Crippen LogP contribution in [0, 0.1) is 0 Å². The second-order valence-corrected chi connectivity index (χ2v) is 7.07. The summed E-state index contributed by atoms with van der Waals surface area (Å²) in [5, 5.41) is 3.59. The third kappa shape index (κ3) is 4.30. The predicted octanol–water partition coefficient (Wildman–Crippen LogP) is 3.68. The number of anilines is 2. The molecule has 0 aliphatic carbocycles. The average molecular weight is 411 g/mol. The number of benzene rings is 1. The first-order valence-corrected chi connectivity index (χ1v) is 9.72. The molecule has 0 spiro atoms. The molecule has 1 aromatic carbocycles. The van der Waals surface area contributed by atoms with Gasteiger partial charge in [-0.15, -0.1) is 0 Å². The molecule has 7 nitrogen and oxygen atoms in total. The van der Waals surface area contributed by atoms with Crippen molar-refractivity contribution in [2.24, 2.45) is 0 Å². The summed E-state index contributed by atoms with van der Waals surface area (Å²) in [6.45, 7) is 1.24. The second-order valence-electron chi connectivity index (χ2n) is 6.71. The van der Waals surface area contributed by atoms with Crippen molar-refractivity contribution in [2.75, 3.05) is 29.9 Å². The fourth-order valence-electron chi connectivity index (χ4n) is 3.30. The fraction of sp³-hybridized carbons (Fsp3) is 0.238. The van der Waals surface area contributed by atoms with Crippen LogP contribution in [0.3, 0.4) is 0 Å². The lowest BCUT2D eigenvalue weighted by Gasteiger charge is -2.20. The van der Waals surface area contributed by atoms with Gasteiger partial charge in [-0.3, -0.25) is 4.79 Å². The fourth-order valence-corrected chi connectivity index (χ4v) is 3.47. The van der Waals surface area contributed by atoms with Gasteiger partial charge in [0, 0.05) is 24.7 Å². The number of amides is 1. The van der Waals surface area contributed by atoms with Crippen molar-refractivity contribution in [3.63, 3.8) is 0 Å². The third-order valence-corrected chi connectivity index (χ3v) is 5.00. The second kappa shape index (κ2) is 8.45. The molecule has 148 valence electrons. The molecule has 0 saturated carbocycles. The Labute approximate surface area is 172 Å². The third-order valence-electron chi connectivity index (χ3n) is 4.70. The predicted molar refractivity (Wildman–Crippen MR) is 111 cm³/mol. The number of fused-ring (bicyclic) bond motifs is 1. The zero-order valence-electron chi connectivity index (χ0n) is 15.6. The maximum absolute atomic E-state index is 12.8. The van der Waals surface area contributed by atoms with Gasteiger partial charge in [0.05, 0.1) is 11.2 Å². The molecule has 0 bridgehead atoms. The van der Waals surface area contributed by atoms with Gasteiger partial charge in [0.2, 0.25) is 0 Å². The minimum atomic E-state index is -0.586. The van der Waals surface area contributed by atoms with Gasteiger partial charge in [-0.2, -0.15) is 0 Å². The highest BCUT2D eigenvalue weighted by molar-refractivity contribution is 6.32. The number of nitrogens with one attached hydrogen (secondary N) is 1. The molecule has 0 atom stereocenters. The molecule has 3 heterocycles. The zero-order valence-corrected chi connectivity index (χ0v) is 16.4. The quantitative estimate of drug-likeness (QED) is 0.510. The summed E-state index contributed by atoms with van der Waals surface area (Å²) >= 11 is 5.93. The molecule has 3 aromatic rings. The number of aromatic nitrogens is 2. The van der Waals surface area contributed by atoms with E-state index >= 15 is 0 Å². The number of hydrogen-bond donors (Lipinski definition) is 1. The van der Waals surface area contributed by atoms with Crippen molar-refractivity contribution in [2.45, 2.75) is 12.8 Å². The van der Waals surface area contributed by atoms with Crippen LogP contribution in [0.1, 0.15) is 23.2 Å². The molecule has 4 rings (SSSR count). The smallest absolute Gasteiger partial charge is 0.342 e. The number of nitrogens with zero attached hydrogens (tertiary/aromatic N) is 3. The van der Waals surface area contributed by atoms with E-state index in [1.807, 2.05) is 24.3 Å². The van der Waals surface area contributed by atoms with Gasteiger partial charge >= 0.3 is 5.97 Å². The highest BCUT2D eigenvalue weighted by Gasteiger charge is 2.23. The maximum Gasteiger partial charge on any atom is 0.342 e. The number of carbonyl (C=O) groups excluding carboxylic acids is 2. The molecule has 0 radical (unpaired) electrons. The van der Waals surface area contributed by atoms with Crippen LogP contribution in [0.5, 0.6) is 0 Å². The molecular weight excluding hydrogens is 392 g/mol. The number of rotatable bonds is 5. The number of carbonyl (C=O) groups is 2. The van der Waals surface area contributed by atoms with Crippen LogP contribution in [-0.4, -0.2) is 41.5 Å². The van der Waals surface area contributed by atoms with E-state index in [0.717, 1.165) is 36.8 Å². The largest absolute Gasteiger partial charge is 0.452 e. The summed E-state index contributed by atoms with van der Waals surface area (Å²) < 4.78 is 5.27. The van der Waals surface area contributed by atoms with Crippen LogP contribution >= 0.6 is 11.6 Å². The maximum atomic E-state index is 12.8. The molecule has 1 amide bonds. The molecule has 29 heavy (non-hydrogen) atoms. The Balaban J connectivity index is 1.52. The van der Waals surface area contributed by atoms with Gasteiger partial charge in [-0.25, -0.2) is 14.8 Å². The number of ether oxygens (including phenoxy) is 1. The molecule has 1 saturated heterocycles. The monoisotopic (exact) mass is 410 g/mol. The Morgan fingerprint density at radius 2 is 1.93 bits per heavy atom. The van der Waals surface area contributed by atoms with Crippen LogP contribution in [0.25, 0.3) is 10.9 Å². The van der Waals surface area contributed by atoms with Crippen molar-refractivity contribution < 1.29 is 14.3 Å². The van der Waals surface area contributed by atoms with Crippen LogP contribution in [0.15, 0.2) is 48.7 Å². The van der Waals surface area contributed by atoms with Crippen molar-refractivity contribution in [3.05, 3.63) is 59.4 Å². The van der Waals surface area contributed by atoms with Crippen molar-refractivity contribution in [1.82, 2.24) is 9.97 Å². The van der Waals surface area contributed by atoms with Crippen LogP contribution in [-0.2, 0) is 9.53 Å². The van der Waals surface area contributed by atoms with E-state index in [4.69, 9.17) is 16.3 Å². The van der Waals surface area contributed by atoms with Crippen LogP contribution in [0.4, 0.5) is 11.5 Å². The van der Waals surface area contributed by atoms with E-state index in [1.165, 1.54) is 6.20 Å². The number of halogens is 1. The Hall–Kier alpha value is -3.19. The van der Waals surface area contributed by atoms with E-state index in [1.54, 1.807) is 18.2 Å². The summed E-state index contributed by atoms with van der Waals surface area (Å²) in [6.07, 6.45) is 3.62. The van der Waals surface area contributed by atoms with Crippen molar-refractivity contribution in [3.8, 4) is 0 Å². The van der Waals surface area contributed by atoms with E-state index in [2.05, 4.69) is 20.2 Å². The van der Waals surface area contributed by atoms with E-state index in [0.29, 0.717) is 17.1 Å². The summed E-state index contributed by atoms with van der Waals surface area (Å²) in [4.78, 5) is 35.6. The Kier molecular flexibility index (Phi) is 5.57. The molecule has 2 aromatic heterocycles. The summed E-state index contributed by atoms with van der Waals surface area (Å²) in [5.74, 6) is -0.482. The van der Waals surface area contributed by atoms with Gasteiger partial charge in [0.1, 0.15) is 11.4 Å². The Morgan fingerprint density at radius 3 is 2.72 bits per heavy atom. The van der Waals surface area contributed by atoms with Crippen molar-refractivity contribution >= 4 is 45.9 Å². The highest BCUT2D eigenvalue weighted by Crippen LogP contribution is 2.27. The first kappa shape index (κ1) is 19.1. The first-order chi connectivity index (χ1) is 14.1. The van der Waals surface area contributed by atoms with Gasteiger partial charge in [-0.05, 0) is 37.1 Å². The molecule has 0 unspecified atom stereocenters. The summed E-state index contributed by atoms with van der Waals surface area (Å²) in [6, 6.07) is 12.6. The van der Waals surface area contributed by atoms with E-state index in [9.17, 15) is 9.59 Å². The Morgan fingerprint density at radius 1 is 1.14 bits per heavy atom. The molecular formula is C21H19ClN4O3. The minimum Gasteiger partial charge on any atom is -0.452 e. The summed E-state index contributed by atoms with van der Waals surface area (Å²) in [7, 11) is 0. The van der Waals surface area contributed by atoms with Gasteiger partial charge in [0.25, 0.3) is 5.91 Å². The standard InChI is InChI=1S/C21H19ClN4O3/c22-19-17(8-5-9-23-19)24-18(27)13-29-21(28)15-12-14-6-1-2-7-16(14)25-20(15)26-10-3-4-11-26/h1-2,5-9,12H,3-4,10-11,13H2,(H,24,27). The van der Waals surface area contributed by atoms with E-state index < -0.39 is 18.5 Å². The molecule has 1 N–H and O–H groups in total. The number of para-hydroxylation sites is 1. The van der Waals surface area contributed by atoms with Gasteiger partial charge in [0.15, 0.2) is 11.8 Å². The molecule has 1 aliphatic heterocycles. The first-order valence-electron chi connectivity index (χ1n) is 9.34. The Bertz CT molecular complexity index is 1070. The normalized spacial score (nSPS) is 13.5.